The Hall–Kier alpha value is -2.75. The minimum Gasteiger partial charge on any atom is -0.350 e. The predicted molar refractivity (Wildman–Crippen MR) is 100 cm³/mol. The third-order valence-corrected chi connectivity index (χ3v) is 6.76. The quantitative estimate of drug-likeness (QED) is 0.543. The first-order valence-corrected chi connectivity index (χ1v) is 10.4. The lowest BCUT2D eigenvalue weighted by atomic mass is 9.89. The van der Waals surface area contributed by atoms with Gasteiger partial charge in [-0.2, -0.15) is 5.26 Å². The minimum atomic E-state index is -4.38. The van der Waals surface area contributed by atoms with E-state index in [0.29, 0.717) is 10.7 Å². The van der Waals surface area contributed by atoms with Crippen molar-refractivity contribution in [1.82, 2.24) is 20.5 Å². The summed E-state index contributed by atoms with van der Waals surface area (Å²) in [6.45, 7) is 2.92. The van der Waals surface area contributed by atoms with Crippen LogP contribution in [0.1, 0.15) is 20.3 Å². The number of urea groups is 1. The molecule has 1 aromatic carbocycles. The molecular weight excluding hydrogens is 403 g/mol. The molecule has 3 unspecified atom stereocenters. The molecule has 1 saturated heterocycles. The van der Waals surface area contributed by atoms with Gasteiger partial charge in [0.05, 0.1) is 11.8 Å². The monoisotopic (exact) mass is 424 g/mol. The number of halogens is 1. The molecule has 1 aromatic rings. The van der Waals surface area contributed by atoms with E-state index in [0.717, 1.165) is 18.2 Å². The number of hydrogen-bond acceptors (Lipinski definition) is 7. The van der Waals surface area contributed by atoms with Crippen LogP contribution in [0.25, 0.3) is 0 Å². The lowest BCUT2D eigenvalue weighted by molar-refractivity contribution is -0.121. The van der Waals surface area contributed by atoms with Gasteiger partial charge in [-0.25, -0.2) is 27.3 Å². The van der Waals surface area contributed by atoms with Gasteiger partial charge in [0.25, 0.3) is 10.0 Å². The number of sulfonamides is 1. The Balaban J connectivity index is 1.69. The van der Waals surface area contributed by atoms with Crippen LogP contribution >= 0.6 is 0 Å². The van der Waals surface area contributed by atoms with Crippen molar-refractivity contribution in [2.24, 2.45) is 5.92 Å². The summed E-state index contributed by atoms with van der Waals surface area (Å²) in [5.41, 5.74) is 5.79. The zero-order chi connectivity index (χ0) is 21.3. The third-order valence-electron chi connectivity index (χ3n) is 4.99. The largest absolute Gasteiger partial charge is 0.350 e. The van der Waals surface area contributed by atoms with Crippen LogP contribution in [0, 0.1) is 23.1 Å². The number of amides is 3. The summed E-state index contributed by atoms with van der Waals surface area (Å²) in [5, 5.41) is 14.0. The second-order valence-corrected chi connectivity index (χ2v) is 8.98. The first-order chi connectivity index (χ1) is 13.6. The van der Waals surface area contributed by atoms with Crippen LogP contribution in [-0.4, -0.2) is 49.3 Å². The number of nitrogens with one attached hydrogen (secondary N) is 4. The van der Waals surface area contributed by atoms with Gasteiger partial charge in [0.15, 0.2) is 0 Å². The first kappa shape index (κ1) is 21.0. The number of carbonyl (C=O) groups is 2. The summed E-state index contributed by atoms with van der Waals surface area (Å²) >= 11 is 0. The number of benzene rings is 1. The Bertz CT molecular complexity index is 979. The van der Waals surface area contributed by atoms with E-state index in [1.807, 2.05) is 6.92 Å². The summed E-state index contributed by atoms with van der Waals surface area (Å²) in [6.07, 6.45) is 0.583. The molecule has 0 saturated carbocycles. The van der Waals surface area contributed by atoms with Gasteiger partial charge in [-0.05, 0) is 37.5 Å². The molecule has 4 N–H and O–H groups in total. The van der Waals surface area contributed by atoms with Gasteiger partial charge in [-0.1, -0.05) is 6.92 Å². The molecule has 2 heterocycles. The van der Waals surface area contributed by atoms with Gasteiger partial charge in [0.1, 0.15) is 23.3 Å². The van der Waals surface area contributed by atoms with Gasteiger partial charge < -0.3 is 10.6 Å². The van der Waals surface area contributed by atoms with Crippen molar-refractivity contribution < 1.29 is 22.4 Å². The maximum absolute atomic E-state index is 13.5. The molecule has 2 aliphatic rings. The fourth-order valence-electron chi connectivity index (χ4n) is 3.51. The normalized spacial score (nSPS) is 26.6. The highest BCUT2D eigenvalue weighted by atomic mass is 32.2. The Labute approximate surface area is 167 Å². The van der Waals surface area contributed by atoms with Gasteiger partial charge in [0, 0.05) is 12.1 Å². The summed E-state index contributed by atoms with van der Waals surface area (Å²) in [7, 11) is -4.38. The van der Waals surface area contributed by atoms with E-state index in [9.17, 15) is 22.4 Å². The van der Waals surface area contributed by atoms with E-state index < -0.39 is 45.3 Å². The van der Waals surface area contributed by atoms with Gasteiger partial charge in [-0.15, -0.1) is 0 Å². The van der Waals surface area contributed by atoms with Crippen LogP contribution in [-0.2, 0) is 14.8 Å². The van der Waals surface area contributed by atoms with Crippen molar-refractivity contribution in [3.63, 3.8) is 0 Å². The maximum Gasteiger partial charge on any atom is 0.336 e. The van der Waals surface area contributed by atoms with E-state index in [1.165, 1.54) is 0 Å². The molecule has 0 radical (unpaired) electrons. The molecule has 0 spiro atoms. The second kappa shape index (κ2) is 7.94. The van der Waals surface area contributed by atoms with E-state index in [2.05, 4.69) is 27.6 Å². The van der Waals surface area contributed by atoms with Crippen LogP contribution < -0.4 is 21.5 Å². The van der Waals surface area contributed by atoms with Crippen molar-refractivity contribution in [2.75, 3.05) is 11.9 Å². The van der Waals surface area contributed by atoms with Crippen molar-refractivity contribution in [2.45, 2.75) is 43.3 Å². The molecule has 0 aliphatic carbocycles. The fraction of sp³-hybridized carbons (Fsp3) is 0.471. The van der Waals surface area contributed by atoms with Crippen LogP contribution in [0.5, 0.6) is 0 Å². The Morgan fingerprint density at radius 2 is 2.17 bits per heavy atom. The van der Waals surface area contributed by atoms with Crippen molar-refractivity contribution >= 4 is 27.6 Å². The van der Waals surface area contributed by atoms with E-state index >= 15 is 0 Å². The number of hydrazine groups is 1. The van der Waals surface area contributed by atoms with Gasteiger partial charge in [0.2, 0.25) is 5.91 Å². The third kappa shape index (κ3) is 4.16. The maximum atomic E-state index is 13.5. The number of carbonyl (C=O) groups excluding carboxylic acids is 2. The molecule has 0 aromatic heterocycles. The van der Waals surface area contributed by atoms with Gasteiger partial charge in [-0.3, -0.25) is 10.2 Å². The summed E-state index contributed by atoms with van der Waals surface area (Å²) < 4.78 is 39.2. The highest BCUT2D eigenvalue weighted by Crippen LogP contribution is 2.30. The highest BCUT2D eigenvalue weighted by Gasteiger charge is 2.39. The Kier molecular flexibility index (Phi) is 5.74. The molecule has 1 fully saturated rings. The predicted octanol–water partition coefficient (Wildman–Crippen LogP) is 0.261. The second-order valence-electron chi connectivity index (χ2n) is 7.15. The summed E-state index contributed by atoms with van der Waals surface area (Å²) in [4.78, 5) is 24.2. The molecule has 10 nitrogen and oxygen atoms in total. The van der Waals surface area contributed by atoms with Crippen molar-refractivity contribution in [1.29, 1.82) is 5.26 Å². The highest BCUT2D eigenvalue weighted by molar-refractivity contribution is 7.90. The number of nitrogens with zero attached hydrogens (tertiary/aromatic N) is 2. The zero-order valence-electron chi connectivity index (χ0n) is 15.8. The zero-order valence-corrected chi connectivity index (χ0v) is 16.6. The van der Waals surface area contributed by atoms with Crippen LogP contribution in [0.4, 0.5) is 14.9 Å². The lowest BCUT2D eigenvalue weighted by Crippen LogP contribution is -2.62. The summed E-state index contributed by atoms with van der Waals surface area (Å²) in [6, 6.07) is 3.14. The topological polar surface area (TPSA) is 143 Å². The number of rotatable bonds is 4. The molecule has 4 atom stereocenters. The van der Waals surface area contributed by atoms with E-state index in [4.69, 9.17) is 5.26 Å². The SMILES string of the molecule is CC1CC(C#N)NNC1[C@H](C)NC(=O)CN1C(=O)Nc2ccc(F)cc2S1(=O)=O. The van der Waals surface area contributed by atoms with E-state index in [-0.39, 0.29) is 23.7 Å². The fourth-order valence-corrected chi connectivity index (χ4v) is 4.96. The standard InChI is InChI=1S/C17H21FN6O4S/c1-9-5-12(7-19)22-23-16(9)10(2)20-15(25)8-24-17(26)21-13-4-3-11(18)6-14(13)29(24,27)28/h3-4,6,9-10,12,16,22-23H,5,8H2,1-2H3,(H,20,25)(H,21,26)/t9?,10-,12?,16?/m0/s1. The average Bonchev–Trinajstić information content (AvgIpc) is 2.65. The number of hydrogen-bond donors (Lipinski definition) is 4. The molecule has 2 aliphatic heterocycles. The smallest absolute Gasteiger partial charge is 0.336 e. The molecular formula is C17H21FN6O4S. The van der Waals surface area contributed by atoms with Crippen LogP contribution in [0.3, 0.4) is 0 Å². The lowest BCUT2D eigenvalue weighted by Gasteiger charge is -2.37. The number of fused-ring (bicyclic) bond motifs is 1. The van der Waals surface area contributed by atoms with Gasteiger partial charge >= 0.3 is 6.03 Å². The van der Waals surface area contributed by atoms with Crippen LogP contribution in [0.2, 0.25) is 0 Å². The van der Waals surface area contributed by atoms with Crippen LogP contribution in [0.15, 0.2) is 23.1 Å². The average molecular weight is 424 g/mol. The number of anilines is 1. The molecule has 156 valence electrons. The Morgan fingerprint density at radius 1 is 1.45 bits per heavy atom. The molecule has 0 bridgehead atoms. The molecule has 3 amide bonds. The molecule has 29 heavy (non-hydrogen) atoms. The van der Waals surface area contributed by atoms with Crippen molar-refractivity contribution in [3.8, 4) is 6.07 Å². The first-order valence-electron chi connectivity index (χ1n) is 8.96. The van der Waals surface area contributed by atoms with E-state index in [1.54, 1.807) is 6.92 Å². The number of nitriles is 1. The Morgan fingerprint density at radius 3 is 2.83 bits per heavy atom. The molecule has 3 rings (SSSR count). The molecule has 12 heteroatoms. The minimum absolute atomic E-state index is 0.0419. The van der Waals surface area contributed by atoms with Crippen molar-refractivity contribution in [3.05, 3.63) is 24.0 Å². The summed E-state index contributed by atoms with van der Waals surface area (Å²) in [5.74, 6) is -1.40.